The highest BCUT2D eigenvalue weighted by molar-refractivity contribution is 6.04. The highest BCUT2D eigenvalue weighted by Gasteiger charge is 2.54. The van der Waals surface area contributed by atoms with Gasteiger partial charge < -0.3 is 24.9 Å². The molecule has 0 aliphatic carbocycles. The summed E-state index contributed by atoms with van der Waals surface area (Å²) in [7, 11) is 0. The molecule has 0 aromatic heterocycles. The van der Waals surface area contributed by atoms with Crippen molar-refractivity contribution in [2.45, 2.75) is 31.5 Å². The van der Waals surface area contributed by atoms with Crippen LogP contribution in [-0.4, -0.2) is 46.8 Å². The van der Waals surface area contributed by atoms with Crippen LogP contribution >= 0.6 is 0 Å². The molecule has 2 N–H and O–H groups in total. The fourth-order valence-electron chi connectivity index (χ4n) is 5.20. The second-order valence-corrected chi connectivity index (χ2v) is 9.95. The average Bonchev–Trinajstić information content (AvgIpc) is 3.43. The number of alkyl halides is 3. The van der Waals surface area contributed by atoms with E-state index in [2.05, 4.69) is 5.32 Å². The van der Waals surface area contributed by atoms with Crippen LogP contribution < -0.4 is 15.4 Å². The smallest absolute Gasteiger partial charge is 0.456 e. The summed E-state index contributed by atoms with van der Waals surface area (Å²) in [6.07, 6.45) is -5.42. The van der Waals surface area contributed by atoms with E-state index in [1.165, 1.54) is 49.4 Å². The maximum absolute atomic E-state index is 13.2. The minimum Gasteiger partial charge on any atom is -0.456 e. The fourth-order valence-corrected chi connectivity index (χ4v) is 5.20. The zero-order chi connectivity index (χ0) is 31.6. The Hall–Kier alpha value is -5.73. The van der Waals surface area contributed by atoms with Crippen molar-refractivity contribution >= 4 is 46.9 Å². The molecule has 0 saturated carbocycles. The number of imide groups is 1. The van der Waals surface area contributed by atoms with E-state index in [-0.39, 0.29) is 63.5 Å². The van der Waals surface area contributed by atoms with Crippen LogP contribution in [0.15, 0.2) is 54.6 Å². The minimum absolute atomic E-state index is 0.0223. The van der Waals surface area contributed by atoms with Crippen LogP contribution in [-0.2, 0) is 34.4 Å². The maximum Gasteiger partial charge on any atom is 0.471 e. The number of ether oxygens (including phenoxy) is 2. The molecule has 15 heteroatoms. The SMILES string of the molecule is CC(=O)Nc1ccc2c(c1)Oc1cc(NC(=O)C(F)(F)F)ccc1C21OC(=O)c2ccc(C(=O)ON3C(=O)CCC3=O)cc21. The number of carbonyl (C=O) groups is 6. The van der Waals surface area contributed by atoms with Gasteiger partial charge in [0.05, 0.1) is 11.1 Å². The summed E-state index contributed by atoms with van der Waals surface area (Å²) >= 11 is 0. The summed E-state index contributed by atoms with van der Waals surface area (Å²) in [5, 5.41) is 4.68. The van der Waals surface area contributed by atoms with Crippen LogP contribution in [0.4, 0.5) is 24.5 Å². The van der Waals surface area contributed by atoms with Gasteiger partial charge in [0.2, 0.25) is 5.91 Å². The number of amides is 4. The second-order valence-electron chi connectivity index (χ2n) is 9.95. The van der Waals surface area contributed by atoms with Gasteiger partial charge in [-0.3, -0.25) is 19.2 Å². The molecule has 3 heterocycles. The number of nitrogens with one attached hydrogen (secondary N) is 2. The number of fused-ring (bicyclic) bond motifs is 6. The van der Waals surface area contributed by atoms with Crippen LogP contribution in [0.25, 0.3) is 0 Å². The Kier molecular flexibility index (Phi) is 6.41. The number of anilines is 2. The minimum atomic E-state index is -5.17. The quantitative estimate of drug-likeness (QED) is 0.330. The number of hydroxylamine groups is 2. The third kappa shape index (κ3) is 4.58. The van der Waals surface area contributed by atoms with Crippen molar-refractivity contribution < 1.29 is 56.2 Å². The van der Waals surface area contributed by atoms with E-state index >= 15 is 0 Å². The summed E-state index contributed by atoms with van der Waals surface area (Å²) in [6, 6.07) is 11.7. The van der Waals surface area contributed by atoms with E-state index in [1.807, 2.05) is 0 Å². The molecule has 1 fully saturated rings. The highest BCUT2D eigenvalue weighted by atomic mass is 19.4. The van der Waals surface area contributed by atoms with Gasteiger partial charge in [0.25, 0.3) is 11.8 Å². The van der Waals surface area contributed by atoms with E-state index in [1.54, 1.807) is 5.32 Å². The predicted octanol–water partition coefficient (Wildman–Crippen LogP) is 3.93. The van der Waals surface area contributed by atoms with Crippen LogP contribution in [0.1, 0.15) is 57.2 Å². The standard InChI is InChI=1S/C29H18F3N3O9/c1-13(36)33-15-3-6-18-21(11-15)42-22-12-16(34-27(41)29(30,31)32)4-7-19(22)28(18)20-10-14(2-5-17(20)26(40)43-28)25(39)44-35-23(37)8-9-24(35)38/h2-7,10-12H,8-9H2,1H3,(H,33,36)(H,34,41). The van der Waals surface area contributed by atoms with Crippen molar-refractivity contribution in [1.82, 2.24) is 5.06 Å². The lowest BCUT2D eigenvalue weighted by Gasteiger charge is -2.37. The number of hydrogen-bond acceptors (Lipinski definition) is 9. The summed E-state index contributed by atoms with van der Waals surface area (Å²) in [5.41, 5.74) is -1.50. The molecular formula is C29H18F3N3O9. The molecule has 224 valence electrons. The molecule has 12 nitrogen and oxygen atoms in total. The third-order valence-electron chi connectivity index (χ3n) is 7.06. The Morgan fingerprint density at radius 2 is 1.43 bits per heavy atom. The molecular weight excluding hydrogens is 591 g/mol. The Labute approximate surface area is 244 Å². The third-order valence-corrected chi connectivity index (χ3v) is 7.06. The molecule has 0 bridgehead atoms. The molecule has 44 heavy (non-hydrogen) atoms. The van der Waals surface area contributed by atoms with Gasteiger partial charge in [-0.1, -0.05) is 0 Å². The molecule has 3 aliphatic heterocycles. The summed E-state index contributed by atoms with van der Waals surface area (Å²) in [6.45, 7) is 1.27. The van der Waals surface area contributed by atoms with Crippen molar-refractivity contribution in [2.24, 2.45) is 0 Å². The molecule has 3 aromatic rings. The van der Waals surface area contributed by atoms with E-state index in [0.717, 1.165) is 12.1 Å². The molecule has 0 radical (unpaired) electrons. The Bertz CT molecular complexity index is 1820. The lowest BCUT2D eigenvalue weighted by atomic mass is 9.77. The molecule has 3 aliphatic rings. The Balaban J connectivity index is 1.49. The van der Waals surface area contributed by atoms with Gasteiger partial charge in [-0.25, -0.2) is 9.59 Å². The highest BCUT2D eigenvalue weighted by Crippen LogP contribution is 2.57. The number of esters is 1. The van der Waals surface area contributed by atoms with Crippen LogP contribution in [0.3, 0.4) is 0 Å². The average molecular weight is 609 g/mol. The first-order valence-electron chi connectivity index (χ1n) is 12.9. The van der Waals surface area contributed by atoms with Gasteiger partial charge in [-0.05, 0) is 42.5 Å². The lowest BCUT2D eigenvalue weighted by molar-refractivity contribution is -0.172. The number of nitrogens with zero attached hydrogens (tertiary/aromatic N) is 1. The van der Waals surface area contributed by atoms with Crippen LogP contribution in [0.5, 0.6) is 11.5 Å². The lowest BCUT2D eigenvalue weighted by Crippen LogP contribution is -2.34. The topological polar surface area (TPSA) is 157 Å². The number of halogens is 3. The van der Waals surface area contributed by atoms with E-state index < -0.39 is 47.3 Å². The largest absolute Gasteiger partial charge is 0.471 e. The van der Waals surface area contributed by atoms with E-state index in [0.29, 0.717) is 5.06 Å². The van der Waals surface area contributed by atoms with Crippen molar-refractivity contribution in [3.8, 4) is 11.5 Å². The van der Waals surface area contributed by atoms with Gasteiger partial charge in [-0.2, -0.15) is 13.2 Å². The van der Waals surface area contributed by atoms with Crippen molar-refractivity contribution in [1.29, 1.82) is 0 Å². The number of rotatable bonds is 4. The Morgan fingerprint density at radius 3 is 2.00 bits per heavy atom. The van der Waals surface area contributed by atoms with Crippen molar-refractivity contribution in [3.05, 3.63) is 82.4 Å². The normalized spacial score (nSPS) is 18.2. The van der Waals surface area contributed by atoms with Gasteiger partial charge >= 0.3 is 24.0 Å². The van der Waals surface area contributed by atoms with E-state index in [9.17, 15) is 41.9 Å². The molecule has 1 unspecified atom stereocenters. The van der Waals surface area contributed by atoms with E-state index in [4.69, 9.17) is 14.3 Å². The summed E-state index contributed by atoms with van der Waals surface area (Å²) in [4.78, 5) is 78.5. The fraction of sp³-hybridized carbons (Fsp3) is 0.172. The molecule has 6 rings (SSSR count). The zero-order valence-corrected chi connectivity index (χ0v) is 22.4. The van der Waals surface area contributed by atoms with Crippen molar-refractivity contribution in [2.75, 3.05) is 10.6 Å². The van der Waals surface area contributed by atoms with Crippen LogP contribution in [0, 0.1) is 0 Å². The molecule has 4 amide bonds. The molecule has 1 spiro atoms. The van der Waals surface area contributed by atoms with Gasteiger partial charge in [0.1, 0.15) is 11.5 Å². The number of benzene rings is 3. The predicted molar refractivity (Wildman–Crippen MR) is 140 cm³/mol. The first-order valence-corrected chi connectivity index (χ1v) is 12.9. The number of hydrogen-bond donors (Lipinski definition) is 2. The van der Waals surface area contributed by atoms with Gasteiger partial charge in [-0.15, -0.1) is 5.06 Å². The monoisotopic (exact) mass is 609 g/mol. The molecule has 1 atom stereocenters. The van der Waals surface area contributed by atoms with Crippen molar-refractivity contribution in [3.63, 3.8) is 0 Å². The first-order chi connectivity index (χ1) is 20.8. The zero-order valence-electron chi connectivity index (χ0n) is 22.4. The summed E-state index contributed by atoms with van der Waals surface area (Å²) in [5.74, 6) is -6.01. The molecule has 3 aromatic carbocycles. The first kappa shape index (κ1) is 28.4. The maximum atomic E-state index is 13.2. The van der Waals surface area contributed by atoms with Gasteiger partial charge in [0, 0.05) is 60.0 Å². The summed E-state index contributed by atoms with van der Waals surface area (Å²) < 4.78 is 50.7. The second kappa shape index (κ2) is 9.93. The molecule has 1 saturated heterocycles. The van der Waals surface area contributed by atoms with Crippen LogP contribution in [0.2, 0.25) is 0 Å². The number of carbonyl (C=O) groups excluding carboxylic acids is 6. The Morgan fingerprint density at radius 1 is 0.841 bits per heavy atom. The van der Waals surface area contributed by atoms with Gasteiger partial charge in [0.15, 0.2) is 5.60 Å².